The predicted octanol–water partition coefficient (Wildman–Crippen LogP) is 0.00620. The van der Waals surface area contributed by atoms with Crippen LogP contribution in [0.1, 0.15) is 19.3 Å². The molecule has 0 aromatic heterocycles. The molecular formula is C9H17NO3. The number of rotatable bonds is 4. The zero-order valence-corrected chi connectivity index (χ0v) is 8.03. The van der Waals surface area contributed by atoms with Crippen molar-refractivity contribution in [1.29, 1.82) is 0 Å². The van der Waals surface area contributed by atoms with Crippen LogP contribution in [0.25, 0.3) is 0 Å². The van der Waals surface area contributed by atoms with E-state index in [1.807, 2.05) is 0 Å². The Hall–Kier alpha value is -0.610. The van der Waals surface area contributed by atoms with E-state index in [4.69, 9.17) is 4.74 Å². The van der Waals surface area contributed by atoms with Gasteiger partial charge in [-0.1, -0.05) is 0 Å². The number of carbonyl (C=O) groups is 1. The van der Waals surface area contributed by atoms with Crippen molar-refractivity contribution in [2.45, 2.75) is 25.4 Å². The fourth-order valence-corrected chi connectivity index (χ4v) is 1.55. The Morgan fingerprint density at radius 3 is 3.00 bits per heavy atom. The molecule has 1 saturated heterocycles. The maximum atomic E-state index is 11.3. The molecule has 4 heteroatoms. The van der Waals surface area contributed by atoms with E-state index in [1.165, 1.54) is 0 Å². The molecule has 1 amide bonds. The van der Waals surface area contributed by atoms with Gasteiger partial charge in [0.05, 0.1) is 12.7 Å². The maximum absolute atomic E-state index is 11.3. The van der Waals surface area contributed by atoms with Crippen LogP contribution in [0.5, 0.6) is 0 Å². The number of hydrogen-bond acceptors (Lipinski definition) is 3. The molecule has 0 saturated carbocycles. The van der Waals surface area contributed by atoms with Crippen molar-refractivity contribution in [2.75, 3.05) is 26.8 Å². The Labute approximate surface area is 78.5 Å². The molecule has 0 aliphatic carbocycles. The first-order chi connectivity index (χ1) is 6.24. The van der Waals surface area contributed by atoms with Gasteiger partial charge in [-0.25, -0.2) is 0 Å². The Kier molecular flexibility index (Phi) is 4.18. The molecule has 1 heterocycles. The first-order valence-electron chi connectivity index (χ1n) is 4.69. The van der Waals surface area contributed by atoms with E-state index in [1.54, 1.807) is 12.0 Å². The van der Waals surface area contributed by atoms with Gasteiger partial charge < -0.3 is 14.7 Å². The molecule has 0 radical (unpaired) electrons. The third-order valence-electron chi connectivity index (χ3n) is 2.21. The number of hydrogen-bond donors (Lipinski definition) is 1. The van der Waals surface area contributed by atoms with Crippen molar-refractivity contribution < 1.29 is 14.6 Å². The molecule has 13 heavy (non-hydrogen) atoms. The maximum Gasteiger partial charge on any atom is 0.222 e. The number of likely N-dealkylation sites (tertiary alicyclic amines) is 1. The summed E-state index contributed by atoms with van der Waals surface area (Å²) in [6.45, 7) is 1.48. The van der Waals surface area contributed by atoms with Crippen molar-refractivity contribution in [3.8, 4) is 0 Å². The third kappa shape index (κ3) is 3.32. The number of carbonyl (C=O) groups excluding carboxylic acids is 1. The minimum absolute atomic E-state index is 0.154. The number of aliphatic hydroxyl groups is 1. The monoisotopic (exact) mass is 187 g/mol. The molecular weight excluding hydrogens is 170 g/mol. The van der Waals surface area contributed by atoms with E-state index >= 15 is 0 Å². The number of β-amino-alcohol motifs (C(OH)–C–C–N with tert-alkyl or cyclic N) is 1. The lowest BCUT2D eigenvalue weighted by molar-refractivity contribution is -0.135. The van der Waals surface area contributed by atoms with Gasteiger partial charge in [0.1, 0.15) is 0 Å². The second-order valence-electron chi connectivity index (χ2n) is 3.41. The summed E-state index contributed by atoms with van der Waals surface area (Å²) in [6.07, 6.45) is 2.10. The molecule has 1 aliphatic heterocycles. The van der Waals surface area contributed by atoms with E-state index < -0.39 is 6.10 Å². The highest BCUT2D eigenvalue weighted by Gasteiger charge is 2.20. The number of amides is 1. The molecule has 1 aliphatic rings. The van der Waals surface area contributed by atoms with Gasteiger partial charge in [-0.3, -0.25) is 4.79 Å². The fourth-order valence-electron chi connectivity index (χ4n) is 1.55. The number of nitrogens with zero attached hydrogens (tertiary/aromatic N) is 1. The van der Waals surface area contributed by atoms with Gasteiger partial charge in [-0.05, 0) is 12.8 Å². The smallest absolute Gasteiger partial charge is 0.222 e. The van der Waals surface area contributed by atoms with Gasteiger partial charge in [-0.2, -0.15) is 0 Å². The highest BCUT2D eigenvalue weighted by atomic mass is 16.5. The van der Waals surface area contributed by atoms with Crippen LogP contribution in [-0.2, 0) is 9.53 Å². The van der Waals surface area contributed by atoms with Crippen LogP contribution in [0.2, 0.25) is 0 Å². The van der Waals surface area contributed by atoms with Gasteiger partial charge in [0.15, 0.2) is 0 Å². The lowest BCUT2D eigenvalue weighted by Gasteiger charge is -2.28. The van der Waals surface area contributed by atoms with Gasteiger partial charge in [0, 0.05) is 26.6 Å². The van der Waals surface area contributed by atoms with E-state index in [2.05, 4.69) is 0 Å². The lowest BCUT2D eigenvalue weighted by Crippen LogP contribution is -2.41. The van der Waals surface area contributed by atoms with Crippen molar-refractivity contribution in [3.05, 3.63) is 0 Å². The van der Waals surface area contributed by atoms with Gasteiger partial charge in [0.2, 0.25) is 5.91 Å². The van der Waals surface area contributed by atoms with Gasteiger partial charge in [-0.15, -0.1) is 0 Å². The van der Waals surface area contributed by atoms with Gasteiger partial charge >= 0.3 is 0 Å². The summed E-state index contributed by atoms with van der Waals surface area (Å²) in [5.74, 6) is 0.154. The predicted molar refractivity (Wildman–Crippen MR) is 48.3 cm³/mol. The zero-order chi connectivity index (χ0) is 9.68. The number of methoxy groups -OCH3 is 1. The minimum atomic E-state index is -0.549. The Morgan fingerprint density at radius 2 is 2.38 bits per heavy atom. The van der Waals surface area contributed by atoms with Crippen LogP contribution < -0.4 is 0 Å². The molecule has 0 aromatic rings. The second kappa shape index (κ2) is 5.19. The number of aliphatic hydroxyl groups excluding tert-OH is 1. The standard InChI is InChI=1S/C9H17NO3/c1-13-7-8(11)6-10-5-3-2-4-9(10)12/h8,11H,2-7H2,1H3. The summed E-state index contributed by atoms with van der Waals surface area (Å²) in [7, 11) is 1.54. The largest absolute Gasteiger partial charge is 0.389 e. The summed E-state index contributed by atoms with van der Waals surface area (Å²) >= 11 is 0. The molecule has 1 rings (SSSR count). The molecule has 0 aromatic carbocycles. The van der Waals surface area contributed by atoms with Crippen LogP contribution in [-0.4, -0.2) is 48.8 Å². The summed E-state index contributed by atoms with van der Waals surface area (Å²) < 4.78 is 4.79. The zero-order valence-electron chi connectivity index (χ0n) is 8.03. The summed E-state index contributed by atoms with van der Waals surface area (Å²) in [5, 5.41) is 9.40. The molecule has 1 N–H and O–H groups in total. The molecule has 0 bridgehead atoms. The van der Waals surface area contributed by atoms with E-state index in [0.29, 0.717) is 19.6 Å². The summed E-state index contributed by atoms with van der Waals surface area (Å²) in [6, 6.07) is 0. The molecule has 1 fully saturated rings. The van der Waals surface area contributed by atoms with Crippen LogP contribution in [0.15, 0.2) is 0 Å². The van der Waals surface area contributed by atoms with Crippen molar-refractivity contribution >= 4 is 5.91 Å². The molecule has 0 spiro atoms. The topological polar surface area (TPSA) is 49.8 Å². The highest BCUT2D eigenvalue weighted by Crippen LogP contribution is 2.10. The molecule has 76 valence electrons. The SMILES string of the molecule is COCC(O)CN1CCCCC1=O. The van der Waals surface area contributed by atoms with E-state index in [0.717, 1.165) is 19.4 Å². The van der Waals surface area contributed by atoms with E-state index in [-0.39, 0.29) is 5.91 Å². The average Bonchev–Trinajstić information content (AvgIpc) is 2.09. The van der Waals surface area contributed by atoms with Crippen LogP contribution in [0.4, 0.5) is 0 Å². The average molecular weight is 187 g/mol. The third-order valence-corrected chi connectivity index (χ3v) is 2.21. The molecule has 1 unspecified atom stereocenters. The quantitative estimate of drug-likeness (QED) is 0.674. The molecule has 4 nitrogen and oxygen atoms in total. The summed E-state index contributed by atoms with van der Waals surface area (Å²) in [4.78, 5) is 13.0. The highest BCUT2D eigenvalue weighted by molar-refractivity contribution is 5.76. The summed E-state index contributed by atoms with van der Waals surface area (Å²) in [5.41, 5.74) is 0. The number of ether oxygens (including phenoxy) is 1. The first kappa shape index (κ1) is 10.5. The Morgan fingerprint density at radius 1 is 1.62 bits per heavy atom. The van der Waals surface area contributed by atoms with Crippen molar-refractivity contribution in [1.82, 2.24) is 4.90 Å². The van der Waals surface area contributed by atoms with Crippen LogP contribution >= 0.6 is 0 Å². The Bertz CT molecular complexity index is 172. The van der Waals surface area contributed by atoms with Crippen molar-refractivity contribution in [2.24, 2.45) is 0 Å². The normalized spacial score (nSPS) is 20.5. The van der Waals surface area contributed by atoms with Crippen LogP contribution in [0.3, 0.4) is 0 Å². The fraction of sp³-hybridized carbons (Fsp3) is 0.889. The second-order valence-corrected chi connectivity index (χ2v) is 3.41. The lowest BCUT2D eigenvalue weighted by atomic mass is 10.1. The van der Waals surface area contributed by atoms with Crippen molar-refractivity contribution in [3.63, 3.8) is 0 Å². The van der Waals surface area contributed by atoms with Gasteiger partial charge in [0.25, 0.3) is 0 Å². The number of piperidine rings is 1. The first-order valence-corrected chi connectivity index (χ1v) is 4.69. The Balaban J connectivity index is 2.29. The van der Waals surface area contributed by atoms with Crippen LogP contribution in [0, 0.1) is 0 Å². The van der Waals surface area contributed by atoms with E-state index in [9.17, 15) is 9.90 Å². The minimum Gasteiger partial charge on any atom is -0.389 e. The molecule has 1 atom stereocenters.